The minimum atomic E-state index is 0.415. The molecule has 0 bridgehead atoms. The molecule has 11 heavy (non-hydrogen) atoms. The van der Waals surface area contributed by atoms with E-state index < -0.39 is 0 Å². The minimum absolute atomic E-state index is 0.415. The van der Waals surface area contributed by atoms with E-state index in [2.05, 4.69) is 10.1 Å². The summed E-state index contributed by atoms with van der Waals surface area (Å²) in [5.74, 6) is 5.38. The first-order valence-corrected chi connectivity index (χ1v) is 3.24. The Morgan fingerprint density at radius 2 is 2.45 bits per heavy atom. The summed E-state index contributed by atoms with van der Waals surface area (Å²) in [6.07, 6.45) is 4.00. The first-order chi connectivity index (χ1) is 5.33. The lowest BCUT2D eigenvalue weighted by atomic mass is 10.2. The highest BCUT2D eigenvalue weighted by Gasteiger charge is 1.94. The molecule has 0 aromatic carbocycles. The van der Waals surface area contributed by atoms with Gasteiger partial charge < -0.3 is 11.6 Å². The average Bonchev–Trinajstić information content (AvgIpc) is 2.06. The maximum absolute atomic E-state index is 5.40. The van der Waals surface area contributed by atoms with Gasteiger partial charge in [0.1, 0.15) is 5.84 Å². The van der Waals surface area contributed by atoms with Crippen molar-refractivity contribution in [2.24, 2.45) is 16.7 Å². The molecule has 0 amide bonds. The number of rotatable bonds is 2. The Hall–Kier alpha value is -1.58. The van der Waals surface area contributed by atoms with Crippen LogP contribution in [0.4, 0.5) is 0 Å². The number of pyridine rings is 1. The molecule has 1 heterocycles. The van der Waals surface area contributed by atoms with Crippen LogP contribution >= 0.6 is 0 Å². The Kier molecular flexibility index (Phi) is 2.43. The molecule has 4 N–H and O–H groups in total. The Bertz CT molecular complexity index is 242. The number of hydrogen-bond acceptors (Lipinski definition) is 3. The molecule has 1 rings (SSSR count). The molecule has 0 atom stereocenters. The summed E-state index contributed by atoms with van der Waals surface area (Å²) in [7, 11) is 0. The van der Waals surface area contributed by atoms with Gasteiger partial charge in [-0.25, -0.2) is 0 Å². The van der Waals surface area contributed by atoms with Gasteiger partial charge in [0.05, 0.1) is 0 Å². The SMILES string of the molecule is N/N=C(\N)Cc1cccnc1. The minimum Gasteiger partial charge on any atom is -0.385 e. The van der Waals surface area contributed by atoms with Gasteiger partial charge in [0.15, 0.2) is 0 Å². The van der Waals surface area contributed by atoms with Crippen molar-refractivity contribution in [1.82, 2.24) is 4.98 Å². The second-order valence-electron chi connectivity index (χ2n) is 2.16. The second-order valence-corrected chi connectivity index (χ2v) is 2.16. The third-order valence-electron chi connectivity index (χ3n) is 1.27. The Balaban J connectivity index is 2.65. The zero-order chi connectivity index (χ0) is 8.10. The van der Waals surface area contributed by atoms with Gasteiger partial charge in [0.25, 0.3) is 0 Å². The van der Waals surface area contributed by atoms with Crippen LogP contribution in [-0.2, 0) is 6.42 Å². The first-order valence-electron chi connectivity index (χ1n) is 3.24. The predicted molar refractivity (Wildman–Crippen MR) is 43.8 cm³/mol. The standard InChI is InChI=1S/C7H10N4/c8-7(11-9)4-6-2-1-3-10-5-6/h1-3,5H,4,9H2,(H2,8,11). The second kappa shape index (κ2) is 3.55. The monoisotopic (exact) mass is 150 g/mol. The van der Waals surface area contributed by atoms with Crippen LogP contribution in [0.5, 0.6) is 0 Å². The molecule has 0 aliphatic rings. The van der Waals surface area contributed by atoms with Crippen molar-refractivity contribution >= 4 is 5.84 Å². The molecular weight excluding hydrogens is 140 g/mol. The highest BCUT2D eigenvalue weighted by molar-refractivity contribution is 5.82. The lowest BCUT2D eigenvalue weighted by molar-refractivity contribution is 1.15. The van der Waals surface area contributed by atoms with Crippen LogP contribution < -0.4 is 11.6 Å². The molecule has 4 nitrogen and oxygen atoms in total. The van der Waals surface area contributed by atoms with Gasteiger partial charge in [-0.15, -0.1) is 0 Å². The summed E-state index contributed by atoms with van der Waals surface area (Å²) in [6.45, 7) is 0. The number of aromatic nitrogens is 1. The zero-order valence-electron chi connectivity index (χ0n) is 6.07. The molecule has 58 valence electrons. The molecule has 0 aliphatic carbocycles. The van der Waals surface area contributed by atoms with E-state index in [0.29, 0.717) is 12.3 Å². The zero-order valence-corrected chi connectivity index (χ0v) is 6.07. The van der Waals surface area contributed by atoms with E-state index in [1.54, 1.807) is 12.4 Å². The largest absolute Gasteiger partial charge is 0.385 e. The van der Waals surface area contributed by atoms with Crippen LogP contribution in [0.2, 0.25) is 0 Å². The van der Waals surface area contributed by atoms with E-state index in [1.807, 2.05) is 12.1 Å². The lowest BCUT2D eigenvalue weighted by Crippen LogP contribution is -2.16. The molecule has 0 radical (unpaired) electrons. The number of nitrogens with zero attached hydrogens (tertiary/aromatic N) is 2. The molecule has 0 fully saturated rings. The molecule has 1 aromatic rings. The van der Waals surface area contributed by atoms with Crippen molar-refractivity contribution in [1.29, 1.82) is 0 Å². The maximum Gasteiger partial charge on any atom is 0.123 e. The summed E-state index contributed by atoms with van der Waals surface area (Å²) < 4.78 is 0. The van der Waals surface area contributed by atoms with E-state index >= 15 is 0 Å². The molecule has 4 heteroatoms. The molecule has 1 aromatic heterocycles. The Morgan fingerprint density at radius 3 is 3.00 bits per heavy atom. The van der Waals surface area contributed by atoms with Crippen LogP contribution in [0.1, 0.15) is 5.56 Å². The van der Waals surface area contributed by atoms with E-state index in [1.165, 1.54) is 0 Å². The summed E-state index contributed by atoms with van der Waals surface area (Å²) in [5, 5.41) is 3.35. The Morgan fingerprint density at radius 1 is 1.64 bits per heavy atom. The third kappa shape index (κ3) is 2.25. The fraction of sp³-hybridized carbons (Fsp3) is 0.143. The number of amidine groups is 1. The number of nitrogens with two attached hydrogens (primary N) is 2. The summed E-state index contributed by atoms with van der Waals surface area (Å²) >= 11 is 0. The lowest BCUT2D eigenvalue weighted by Gasteiger charge is -1.96. The average molecular weight is 150 g/mol. The summed E-state index contributed by atoms with van der Waals surface area (Å²) in [6, 6.07) is 3.77. The van der Waals surface area contributed by atoms with Gasteiger partial charge in [0, 0.05) is 18.8 Å². The third-order valence-corrected chi connectivity index (χ3v) is 1.27. The van der Waals surface area contributed by atoms with Crippen molar-refractivity contribution in [2.75, 3.05) is 0 Å². The number of hydrazone groups is 1. The number of hydrogen-bond donors (Lipinski definition) is 2. The van der Waals surface area contributed by atoms with Gasteiger partial charge in [-0.3, -0.25) is 4.98 Å². The van der Waals surface area contributed by atoms with Gasteiger partial charge >= 0.3 is 0 Å². The van der Waals surface area contributed by atoms with Gasteiger partial charge in [-0.2, -0.15) is 5.10 Å². The van der Waals surface area contributed by atoms with Gasteiger partial charge in [0.2, 0.25) is 0 Å². The molecule has 0 aliphatic heterocycles. The van der Waals surface area contributed by atoms with Crippen molar-refractivity contribution in [3.8, 4) is 0 Å². The van der Waals surface area contributed by atoms with Crippen molar-refractivity contribution in [3.05, 3.63) is 30.1 Å². The fourth-order valence-electron chi connectivity index (χ4n) is 0.757. The quantitative estimate of drug-likeness (QED) is 0.266. The van der Waals surface area contributed by atoms with Crippen LogP contribution in [0, 0.1) is 0 Å². The topological polar surface area (TPSA) is 77.3 Å². The smallest absolute Gasteiger partial charge is 0.123 e. The van der Waals surface area contributed by atoms with Gasteiger partial charge in [-0.1, -0.05) is 6.07 Å². The molecule has 0 saturated heterocycles. The van der Waals surface area contributed by atoms with Crippen LogP contribution in [0.25, 0.3) is 0 Å². The van der Waals surface area contributed by atoms with E-state index in [0.717, 1.165) is 5.56 Å². The fourth-order valence-corrected chi connectivity index (χ4v) is 0.757. The predicted octanol–water partition coefficient (Wildman–Crippen LogP) is -0.145. The van der Waals surface area contributed by atoms with Crippen molar-refractivity contribution in [3.63, 3.8) is 0 Å². The van der Waals surface area contributed by atoms with Gasteiger partial charge in [-0.05, 0) is 11.6 Å². The summed E-state index contributed by atoms with van der Waals surface area (Å²) in [4.78, 5) is 3.92. The molecule has 0 saturated carbocycles. The van der Waals surface area contributed by atoms with Crippen molar-refractivity contribution in [2.45, 2.75) is 6.42 Å². The molecule has 0 spiro atoms. The highest BCUT2D eigenvalue weighted by atomic mass is 15.1. The van der Waals surface area contributed by atoms with Crippen molar-refractivity contribution < 1.29 is 0 Å². The van der Waals surface area contributed by atoms with Crippen LogP contribution in [-0.4, -0.2) is 10.8 Å². The Labute approximate surface area is 64.9 Å². The first kappa shape index (κ1) is 7.53. The summed E-state index contributed by atoms with van der Waals surface area (Å²) in [5.41, 5.74) is 6.42. The van der Waals surface area contributed by atoms with Crippen LogP contribution in [0.3, 0.4) is 0 Å². The highest BCUT2D eigenvalue weighted by Crippen LogP contribution is 1.95. The van der Waals surface area contributed by atoms with E-state index in [9.17, 15) is 0 Å². The van der Waals surface area contributed by atoms with E-state index in [4.69, 9.17) is 11.6 Å². The normalized spacial score (nSPS) is 11.5. The van der Waals surface area contributed by atoms with E-state index in [-0.39, 0.29) is 0 Å². The maximum atomic E-state index is 5.40. The molecule has 0 unspecified atom stereocenters. The van der Waals surface area contributed by atoms with Crippen LogP contribution in [0.15, 0.2) is 29.6 Å². The molecular formula is C7H10N4.